The molecule has 2 nitrogen and oxygen atoms in total. The minimum Gasteiger partial charge on any atom is -0.356 e. The maximum Gasteiger partial charge on any atom is 0.223 e. The van der Waals surface area contributed by atoms with E-state index in [1.165, 1.54) is 44.9 Å². The normalized spacial score (nSPS) is 41.1. The van der Waals surface area contributed by atoms with Gasteiger partial charge in [0.1, 0.15) is 0 Å². The van der Waals surface area contributed by atoms with E-state index in [4.69, 9.17) is 11.6 Å². The summed E-state index contributed by atoms with van der Waals surface area (Å²) >= 11 is 6.29. The Morgan fingerprint density at radius 2 is 1.75 bits per heavy atom. The summed E-state index contributed by atoms with van der Waals surface area (Å²) in [5.74, 6) is 2.86. The minimum atomic E-state index is 0.282. The first kappa shape index (κ1) is 14.7. The summed E-state index contributed by atoms with van der Waals surface area (Å²) in [6, 6.07) is 0. The van der Waals surface area contributed by atoms with E-state index in [0.29, 0.717) is 11.8 Å². The van der Waals surface area contributed by atoms with Gasteiger partial charge in [-0.2, -0.15) is 0 Å². The SMILES string of the molecule is O=C(NCC1CCCC1Cl)C1CCC2CCCCC2C1. The number of alkyl halides is 1. The summed E-state index contributed by atoms with van der Waals surface area (Å²) < 4.78 is 0. The minimum absolute atomic E-state index is 0.282. The third-order valence-electron chi connectivity index (χ3n) is 6.02. The van der Waals surface area contributed by atoms with E-state index >= 15 is 0 Å². The van der Waals surface area contributed by atoms with Crippen molar-refractivity contribution in [1.29, 1.82) is 0 Å². The van der Waals surface area contributed by atoms with Crippen molar-refractivity contribution in [2.75, 3.05) is 6.54 Å². The van der Waals surface area contributed by atoms with Crippen molar-refractivity contribution in [2.45, 2.75) is 69.6 Å². The molecule has 3 saturated carbocycles. The lowest BCUT2D eigenvalue weighted by Gasteiger charge is -2.38. The molecule has 3 aliphatic carbocycles. The van der Waals surface area contributed by atoms with E-state index in [2.05, 4.69) is 5.32 Å². The van der Waals surface area contributed by atoms with Crippen LogP contribution in [0.1, 0.15) is 64.2 Å². The number of halogens is 1. The summed E-state index contributed by atoms with van der Waals surface area (Å²) in [6.45, 7) is 0.803. The van der Waals surface area contributed by atoms with Gasteiger partial charge < -0.3 is 5.32 Å². The fourth-order valence-electron chi connectivity index (χ4n) is 4.71. The molecule has 1 N–H and O–H groups in total. The number of carbonyl (C=O) groups is 1. The Morgan fingerprint density at radius 3 is 2.50 bits per heavy atom. The van der Waals surface area contributed by atoms with E-state index in [1.807, 2.05) is 0 Å². The first-order chi connectivity index (χ1) is 9.74. The molecule has 3 aliphatic rings. The van der Waals surface area contributed by atoms with E-state index < -0.39 is 0 Å². The number of carbonyl (C=O) groups excluding carboxylic acids is 1. The lowest BCUT2D eigenvalue weighted by molar-refractivity contribution is -0.127. The van der Waals surface area contributed by atoms with Crippen LogP contribution in [0.3, 0.4) is 0 Å². The molecular formula is C17H28ClNO. The van der Waals surface area contributed by atoms with Crippen LogP contribution in [0, 0.1) is 23.7 Å². The molecule has 5 atom stereocenters. The molecule has 0 aromatic heterocycles. The smallest absolute Gasteiger partial charge is 0.223 e. The first-order valence-electron chi connectivity index (χ1n) is 8.66. The molecule has 0 aromatic rings. The topological polar surface area (TPSA) is 29.1 Å². The Morgan fingerprint density at radius 1 is 0.950 bits per heavy atom. The highest BCUT2D eigenvalue weighted by molar-refractivity contribution is 6.20. The van der Waals surface area contributed by atoms with Gasteiger partial charge in [0.25, 0.3) is 0 Å². The number of rotatable bonds is 3. The molecule has 0 bridgehead atoms. The van der Waals surface area contributed by atoms with Gasteiger partial charge in [0, 0.05) is 17.8 Å². The molecule has 3 heteroatoms. The Kier molecular flexibility index (Phi) is 4.91. The third kappa shape index (κ3) is 3.32. The van der Waals surface area contributed by atoms with Gasteiger partial charge in [-0.05, 0) is 49.9 Å². The molecule has 114 valence electrons. The third-order valence-corrected chi connectivity index (χ3v) is 6.59. The molecule has 1 amide bonds. The Bertz CT molecular complexity index is 346. The van der Waals surface area contributed by atoms with Gasteiger partial charge in [0.05, 0.1) is 0 Å². The molecule has 0 spiro atoms. The fraction of sp³-hybridized carbons (Fsp3) is 0.941. The fourth-order valence-corrected chi connectivity index (χ4v) is 5.08. The van der Waals surface area contributed by atoms with Crippen molar-refractivity contribution in [3.63, 3.8) is 0 Å². The van der Waals surface area contributed by atoms with E-state index in [-0.39, 0.29) is 11.3 Å². The maximum absolute atomic E-state index is 12.4. The van der Waals surface area contributed by atoms with Crippen molar-refractivity contribution in [1.82, 2.24) is 5.32 Å². The number of fused-ring (bicyclic) bond motifs is 1. The average Bonchev–Trinajstić information content (AvgIpc) is 2.89. The molecule has 0 radical (unpaired) electrons. The maximum atomic E-state index is 12.4. The highest BCUT2D eigenvalue weighted by Crippen LogP contribution is 2.42. The van der Waals surface area contributed by atoms with Crippen LogP contribution in [0.25, 0.3) is 0 Å². The first-order valence-corrected chi connectivity index (χ1v) is 9.09. The van der Waals surface area contributed by atoms with E-state index in [0.717, 1.165) is 37.6 Å². The number of nitrogens with one attached hydrogen (secondary N) is 1. The van der Waals surface area contributed by atoms with Crippen LogP contribution in [0.4, 0.5) is 0 Å². The zero-order valence-corrected chi connectivity index (χ0v) is 13.2. The molecule has 0 saturated heterocycles. The number of hydrogen-bond donors (Lipinski definition) is 1. The predicted molar refractivity (Wildman–Crippen MR) is 82.8 cm³/mol. The number of hydrogen-bond acceptors (Lipinski definition) is 1. The molecule has 0 aliphatic heterocycles. The van der Waals surface area contributed by atoms with Crippen LogP contribution in [0.5, 0.6) is 0 Å². The molecule has 20 heavy (non-hydrogen) atoms. The van der Waals surface area contributed by atoms with Gasteiger partial charge in [0.2, 0.25) is 5.91 Å². The van der Waals surface area contributed by atoms with Crippen molar-refractivity contribution in [2.24, 2.45) is 23.7 Å². The summed E-state index contributed by atoms with van der Waals surface area (Å²) in [5.41, 5.74) is 0. The standard InChI is InChI=1S/C17H28ClNO/c18-16-7-3-6-15(16)11-19-17(20)14-9-8-12-4-1-2-5-13(12)10-14/h12-16H,1-11H2,(H,19,20). The van der Waals surface area contributed by atoms with Gasteiger partial charge in [-0.25, -0.2) is 0 Å². The Hall–Kier alpha value is -0.240. The van der Waals surface area contributed by atoms with Gasteiger partial charge in [-0.1, -0.05) is 32.1 Å². The Labute approximate surface area is 128 Å². The van der Waals surface area contributed by atoms with Gasteiger partial charge in [-0.3, -0.25) is 4.79 Å². The molecule has 3 rings (SSSR count). The highest BCUT2D eigenvalue weighted by atomic mass is 35.5. The molecule has 5 unspecified atom stereocenters. The van der Waals surface area contributed by atoms with E-state index in [9.17, 15) is 4.79 Å². The quantitative estimate of drug-likeness (QED) is 0.780. The van der Waals surface area contributed by atoms with Crippen LogP contribution >= 0.6 is 11.6 Å². The molecule has 0 heterocycles. The van der Waals surface area contributed by atoms with Crippen molar-refractivity contribution in [3.8, 4) is 0 Å². The lowest BCUT2D eigenvalue weighted by Crippen LogP contribution is -2.39. The van der Waals surface area contributed by atoms with Crippen LogP contribution in [0.2, 0.25) is 0 Å². The van der Waals surface area contributed by atoms with Crippen LogP contribution in [-0.2, 0) is 4.79 Å². The molecule has 0 aromatic carbocycles. The van der Waals surface area contributed by atoms with Crippen LogP contribution in [0.15, 0.2) is 0 Å². The lowest BCUT2D eigenvalue weighted by atomic mass is 9.67. The summed E-state index contributed by atoms with van der Waals surface area (Å²) in [7, 11) is 0. The average molecular weight is 298 g/mol. The molecular weight excluding hydrogens is 270 g/mol. The van der Waals surface area contributed by atoms with Crippen molar-refractivity contribution < 1.29 is 4.79 Å². The predicted octanol–water partition coefficient (Wildman–Crippen LogP) is 4.12. The summed E-state index contributed by atoms with van der Waals surface area (Å²) in [4.78, 5) is 12.4. The summed E-state index contributed by atoms with van der Waals surface area (Å²) in [5, 5.41) is 3.48. The van der Waals surface area contributed by atoms with Gasteiger partial charge in [-0.15, -0.1) is 11.6 Å². The molecule has 3 fully saturated rings. The second-order valence-corrected chi connectivity index (χ2v) is 7.83. The zero-order valence-electron chi connectivity index (χ0n) is 12.5. The van der Waals surface area contributed by atoms with Crippen LogP contribution in [-0.4, -0.2) is 17.8 Å². The highest BCUT2D eigenvalue weighted by Gasteiger charge is 2.35. The van der Waals surface area contributed by atoms with Crippen LogP contribution < -0.4 is 5.32 Å². The van der Waals surface area contributed by atoms with Crippen molar-refractivity contribution >= 4 is 17.5 Å². The number of amides is 1. The van der Waals surface area contributed by atoms with Gasteiger partial charge in [0.15, 0.2) is 0 Å². The Balaban J connectivity index is 1.45. The monoisotopic (exact) mass is 297 g/mol. The zero-order chi connectivity index (χ0) is 13.9. The largest absolute Gasteiger partial charge is 0.356 e. The summed E-state index contributed by atoms with van der Waals surface area (Å²) in [6.07, 6.45) is 12.6. The van der Waals surface area contributed by atoms with Crippen molar-refractivity contribution in [3.05, 3.63) is 0 Å². The van der Waals surface area contributed by atoms with Gasteiger partial charge >= 0.3 is 0 Å². The second kappa shape index (κ2) is 6.68. The second-order valence-electron chi connectivity index (χ2n) is 7.27. The van der Waals surface area contributed by atoms with E-state index in [1.54, 1.807) is 0 Å².